The highest BCUT2D eigenvalue weighted by Crippen LogP contribution is 2.33. The number of benzene rings is 1. The molecule has 0 fully saturated rings. The minimum absolute atomic E-state index is 0.382. The molecule has 1 atom stereocenters. The molecule has 0 radical (unpaired) electrons. The average Bonchev–Trinajstić information content (AvgIpc) is 2.29. The third kappa shape index (κ3) is 2.46. The summed E-state index contributed by atoms with van der Waals surface area (Å²) in [5, 5.41) is 0. The van der Waals surface area contributed by atoms with Crippen LogP contribution < -0.4 is 0 Å². The van der Waals surface area contributed by atoms with Crippen LogP contribution in [0.1, 0.15) is 36.3 Å². The van der Waals surface area contributed by atoms with Crippen molar-refractivity contribution in [1.29, 1.82) is 0 Å². The van der Waals surface area contributed by atoms with Gasteiger partial charge in [-0.05, 0) is 42.9 Å². The smallest absolute Gasteiger partial charge is 0.166 e. The molecular formula is C13H13F3. The van der Waals surface area contributed by atoms with Gasteiger partial charge in [-0.2, -0.15) is 13.2 Å². The standard InChI is InChI=1S/C13H13F3/c14-13(15,16)12-8-6-11(7-9-12)10-4-2-1-3-5-10/h1-2,6-10H,3-5H2. The summed E-state index contributed by atoms with van der Waals surface area (Å²) >= 11 is 0. The summed E-state index contributed by atoms with van der Waals surface area (Å²) < 4.78 is 37.1. The molecule has 0 saturated heterocycles. The monoisotopic (exact) mass is 226 g/mol. The molecule has 0 aromatic heterocycles. The van der Waals surface area contributed by atoms with Gasteiger partial charge in [0.05, 0.1) is 5.56 Å². The fourth-order valence-electron chi connectivity index (χ4n) is 2.04. The van der Waals surface area contributed by atoms with Gasteiger partial charge in [0.15, 0.2) is 0 Å². The third-order valence-electron chi connectivity index (χ3n) is 2.98. The Labute approximate surface area is 92.8 Å². The van der Waals surface area contributed by atoms with E-state index < -0.39 is 11.7 Å². The molecule has 0 bridgehead atoms. The van der Waals surface area contributed by atoms with Gasteiger partial charge in [-0.1, -0.05) is 24.3 Å². The van der Waals surface area contributed by atoms with Crippen molar-refractivity contribution < 1.29 is 13.2 Å². The molecule has 86 valence electrons. The second-order valence-corrected chi connectivity index (χ2v) is 4.10. The van der Waals surface area contributed by atoms with Crippen molar-refractivity contribution in [3.63, 3.8) is 0 Å². The third-order valence-corrected chi connectivity index (χ3v) is 2.98. The molecule has 2 rings (SSSR count). The summed E-state index contributed by atoms with van der Waals surface area (Å²) in [4.78, 5) is 0. The van der Waals surface area contributed by atoms with Crippen molar-refractivity contribution in [3.05, 3.63) is 47.5 Å². The molecule has 0 saturated carbocycles. The summed E-state index contributed by atoms with van der Waals surface area (Å²) in [5.74, 6) is 0.382. The van der Waals surface area contributed by atoms with E-state index in [2.05, 4.69) is 12.2 Å². The van der Waals surface area contributed by atoms with Crippen LogP contribution in [-0.4, -0.2) is 0 Å². The van der Waals surface area contributed by atoms with Gasteiger partial charge in [0, 0.05) is 0 Å². The van der Waals surface area contributed by atoms with Gasteiger partial charge in [-0.3, -0.25) is 0 Å². The number of halogens is 3. The lowest BCUT2D eigenvalue weighted by Gasteiger charge is -2.18. The summed E-state index contributed by atoms with van der Waals surface area (Å²) in [5.41, 5.74) is 0.444. The van der Waals surface area contributed by atoms with Crippen molar-refractivity contribution in [1.82, 2.24) is 0 Å². The van der Waals surface area contributed by atoms with Crippen LogP contribution in [0.5, 0.6) is 0 Å². The van der Waals surface area contributed by atoms with Crippen LogP contribution >= 0.6 is 0 Å². The van der Waals surface area contributed by atoms with Crippen molar-refractivity contribution in [2.45, 2.75) is 31.4 Å². The number of rotatable bonds is 1. The van der Waals surface area contributed by atoms with Crippen molar-refractivity contribution in [3.8, 4) is 0 Å². The van der Waals surface area contributed by atoms with E-state index in [9.17, 15) is 13.2 Å². The Morgan fingerprint density at radius 2 is 1.69 bits per heavy atom. The Kier molecular flexibility index (Phi) is 3.03. The zero-order valence-electron chi connectivity index (χ0n) is 8.80. The Hall–Kier alpha value is -1.25. The predicted octanol–water partition coefficient (Wildman–Crippen LogP) is 4.53. The van der Waals surface area contributed by atoms with Crippen LogP contribution in [0.2, 0.25) is 0 Å². The first-order chi connectivity index (χ1) is 7.57. The number of alkyl halides is 3. The molecule has 0 spiro atoms. The van der Waals surface area contributed by atoms with E-state index in [0.717, 1.165) is 24.8 Å². The van der Waals surface area contributed by atoms with E-state index in [1.54, 1.807) is 12.1 Å². The summed E-state index contributed by atoms with van der Waals surface area (Å²) in [6, 6.07) is 5.56. The maximum absolute atomic E-state index is 12.4. The molecule has 0 nitrogen and oxygen atoms in total. The fourth-order valence-corrected chi connectivity index (χ4v) is 2.04. The second-order valence-electron chi connectivity index (χ2n) is 4.10. The summed E-state index contributed by atoms with van der Waals surface area (Å²) in [6.45, 7) is 0. The van der Waals surface area contributed by atoms with Gasteiger partial charge in [0.1, 0.15) is 0 Å². The first-order valence-electron chi connectivity index (χ1n) is 5.39. The van der Waals surface area contributed by atoms with Crippen LogP contribution in [0.15, 0.2) is 36.4 Å². The van der Waals surface area contributed by atoms with Crippen LogP contribution in [0.4, 0.5) is 13.2 Å². The Balaban J connectivity index is 2.16. The molecule has 1 aliphatic carbocycles. The van der Waals surface area contributed by atoms with Crippen molar-refractivity contribution in [2.75, 3.05) is 0 Å². The van der Waals surface area contributed by atoms with E-state index in [1.165, 1.54) is 12.1 Å². The topological polar surface area (TPSA) is 0 Å². The highest BCUT2D eigenvalue weighted by molar-refractivity contribution is 5.28. The number of hydrogen-bond donors (Lipinski definition) is 0. The van der Waals surface area contributed by atoms with E-state index >= 15 is 0 Å². The van der Waals surface area contributed by atoms with E-state index in [1.807, 2.05) is 0 Å². The molecule has 16 heavy (non-hydrogen) atoms. The zero-order chi connectivity index (χ0) is 11.6. The Morgan fingerprint density at radius 1 is 1.00 bits per heavy atom. The average molecular weight is 226 g/mol. The Morgan fingerprint density at radius 3 is 2.19 bits per heavy atom. The summed E-state index contributed by atoms with van der Waals surface area (Å²) in [7, 11) is 0. The van der Waals surface area contributed by atoms with E-state index in [0.29, 0.717) is 5.92 Å². The molecule has 0 amide bonds. The van der Waals surface area contributed by atoms with Crippen LogP contribution in [0.3, 0.4) is 0 Å². The van der Waals surface area contributed by atoms with Crippen LogP contribution in [0.25, 0.3) is 0 Å². The lowest BCUT2D eigenvalue weighted by atomic mass is 9.87. The van der Waals surface area contributed by atoms with Gasteiger partial charge in [-0.25, -0.2) is 0 Å². The second kappa shape index (κ2) is 4.32. The predicted molar refractivity (Wildman–Crippen MR) is 57.2 cm³/mol. The zero-order valence-corrected chi connectivity index (χ0v) is 8.80. The quantitative estimate of drug-likeness (QED) is 0.617. The van der Waals surface area contributed by atoms with Gasteiger partial charge >= 0.3 is 6.18 Å². The maximum atomic E-state index is 12.4. The SMILES string of the molecule is FC(F)(F)c1ccc(C2CC=CCC2)cc1. The molecule has 0 heterocycles. The molecule has 3 heteroatoms. The van der Waals surface area contributed by atoms with Crippen molar-refractivity contribution in [2.24, 2.45) is 0 Å². The molecule has 1 unspecified atom stereocenters. The summed E-state index contributed by atoms with van der Waals surface area (Å²) in [6.07, 6.45) is 2.98. The molecule has 1 aromatic rings. The van der Waals surface area contributed by atoms with Gasteiger partial charge in [0.2, 0.25) is 0 Å². The van der Waals surface area contributed by atoms with Crippen LogP contribution in [0, 0.1) is 0 Å². The maximum Gasteiger partial charge on any atom is 0.416 e. The first kappa shape index (κ1) is 11.2. The van der Waals surface area contributed by atoms with E-state index in [4.69, 9.17) is 0 Å². The molecular weight excluding hydrogens is 213 g/mol. The van der Waals surface area contributed by atoms with Gasteiger partial charge < -0.3 is 0 Å². The minimum Gasteiger partial charge on any atom is -0.166 e. The van der Waals surface area contributed by atoms with Crippen LogP contribution in [-0.2, 0) is 6.18 Å². The van der Waals surface area contributed by atoms with Gasteiger partial charge in [0.25, 0.3) is 0 Å². The normalized spacial score (nSPS) is 21.1. The molecule has 0 N–H and O–H groups in total. The largest absolute Gasteiger partial charge is 0.416 e. The highest BCUT2D eigenvalue weighted by atomic mass is 19.4. The first-order valence-corrected chi connectivity index (χ1v) is 5.39. The Bertz CT molecular complexity index is 373. The fraction of sp³-hybridized carbons (Fsp3) is 0.385. The van der Waals surface area contributed by atoms with E-state index in [-0.39, 0.29) is 0 Å². The number of hydrogen-bond acceptors (Lipinski definition) is 0. The molecule has 1 aliphatic rings. The highest BCUT2D eigenvalue weighted by Gasteiger charge is 2.30. The lowest BCUT2D eigenvalue weighted by molar-refractivity contribution is -0.137. The number of allylic oxidation sites excluding steroid dienone is 2. The lowest BCUT2D eigenvalue weighted by Crippen LogP contribution is -2.06. The van der Waals surface area contributed by atoms with Gasteiger partial charge in [-0.15, -0.1) is 0 Å². The molecule has 0 aliphatic heterocycles. The minimum atomic E-state index is -4.23. The molecule has 1 aromatic carbocycles. The van der Waals surface area contributed by atoms with Crippen molar-refractivity contribution >= 4 is 0 Å².